The molecule has 0 spiro atoms. The van der Waals surface area contributed by atoms with E-state index in [-0.39, 0.29) is 11.1 Å². The number of hydrogen-bond donors (Lipinski definition) is 1. The van der Waals surface area contributed by atoms with Crippen molar-refractivity contribution in [3.05, 3.63) is 48.2 Å². The number of aromatic nitrogens is 3. The van der Waals surface area contributed by atoms with E-state index < -0.39 is 5.82 Å². The van der Waals surface area contributed by atoms with Gasteiger partial charge in [0.2, 0.25) is 0 Å². The molecule has 0 amide bonds. The van der Waals surface area contributed by atoms with E-state index in [9.17, 15) is 4.39 Å². The number of nitriles is 1. The zero-order valence-corrected chi connectivity index (χ0v) is 14.7. The van der Waals surface area contributed by atoms with E-state index in [4.69, 9.17) is 5.26 Å². The van der Waals surface area contributed by atoms with Gasteiger partial charge in [0.05, 0.1) is 16.5 Å². The summed E-state index contributed by atoms with van der Waals surface area (Å²) in [5.41, 5.74) is 1.48. The summed E-state index contributed by atoms with van der Waals surface area (Å²) in [6.07, 6.45) is 4.36. The highest BCUT2D eigenvalue weighted by Crippen LogP contribution is 2.35. The van der Waals surface area contributed by atoms with Crippen LogP contribution in [-0.4, -0.2) is 40.6 Å². The van der Waals surface area contributed by atoms with E-state index in [1.54, 1.807) is 12.4 Å². The van der Waals surface area contributed by atoms with Crippen LogP contribution in [0.5, 0.6) is 0 Å². The minimum absolute atomic E-state index is 0.0659. The first-order chi connectivity index (χ1) is 12.5. The minimum atomic E-state index is -0.486. The van der Waals surface area contributed by atoms with Crippen molar-refractivity contribution in [1.29, 1.82) is 5.26 Å². The molecule has 0 bridgehead atoms. The second-order valence-electron chi connectivity index (χ2n) is 6.94. The molecule has 6 nitrogen and oxygen atoms in total. The molecular formula is C19H19FN6. The van der Waals surface area contributed by atoms with Gasteiger partial charge in [-0.1, -0.05) is 0 Å². The van der Waals surface area contributed by atoms with E-state index in [0.29, 0.717) is 0 Å². The normalized spacial score (nSPS) is 19.7. The van der Waals surface area contributed by atoms with Gasteiger partial charge in [0, 0.05) is 32.0 Å². The number of benzene rings is 1. The van der Waals surface area contributed by atoms with Crippen molar-refractivity contribution in [1.82, 2.24) is 15.0 Å². The van der Waals surface area contributed by atoms with Crippen LogP contribution in [0.15, 0.2) is 36.8 Å². The lowest BCUT2D eigenvalue weighted by atomic mass is 9.98. The van der Waals surface area contributed by atoms with Gasteiger partial charge in [0.15, 0.2) is 0 Å². The number of H-pyrrole nitrogens is 1. The number of fused-ring (bicyclic) bond motifs is 1. The number of hydrogen-bond acceptors (Lipinski definition) is 5. The lowest BCUT2D eigenvalue weighted by Gasteiger charge is -2.37. The third kappa shape index (κ3) is 2.54. The largest absolute Gasteiger partial charge is 0.367 e. The fraction of sp³-hybridized carbons (Fsp3) is 0.316. The number of anilines is 2. The highest BCUT2D eigenvalue weighted by atomic mass is 19.1. The summed E-state index contributed by atoms with van der Waals surface area (Å²) < 4.78 is 14.0. The zero-order valence-electron chi connectivity index (χ0n) is 14.7. The molecule has 1 unspecified atom stereocenters. The molecule has 3 aromatic rings. The van der Waals surface area contributed by atoms with Crippen molar-refractivity contribution < 1.29 is 4.39 Å². The second-order valence-corrected chi connectivity index (χ2v) is 6.94. The molecule has 1 saturated heterocycles. The van der Waals surface area contributed by atoms with Gasteiger partial charge in [-0.15, -0.1) is 0 Å². The molecule has 1 aromatic carbocycles. The van der Waals surface area contributed by atoms with E-state index in [1.807, 2.05) is 25.4 Å². The highest BCUT2D eigenvalue weighted by Gasteiger charge is 2.38. The number of rotatable bonds is 3. The molecule has 132 valence electrons. The van der Waals surface area contributed by atoms with Gasteiger partial charge < -0.3 is 14.8 Å². The summed E-state index contributed by atoms with van der Waals surface area (Å²) in [5, 5.41) is 9.92. The Bertz CT molecular complexity index is 1010. The van der Waals surface area contributed by atoms with Gasteiger partial charge in [0.1, 0.15) is 29.7 Å². The molecule has 0 radical (unpaired) electrons. The Kier molecular flexibility index (Phi) is 3.76. The number of nitrogens with zero attached hydrogens (tertiary/aromatic N) is 5. The van der Waals surface area contributed by atoms with Crippen LogP contribution in [0.4, 0.5) is 15.9 Å². The first-order valence-electron chi connectivity index (χ1n) is 8.48. The Morgan fingerprint density at radius 1 is 1.35 bits per heavy atom. The van der Waals surface area contributed by atoms with Crippen molar-refractivity contribution in [2.24, 2.45) is 0 Å². The van der Waals surface area contributed by atoms with E-state index in [2.05, 4.69) is 31.7 Å². The van der Waals surface area contributed by atoms with Crippen LogP contribution < -0.4 is 9.80 Å². The van der Waals surface area contributed by atoms with Crippen molar-refractivity contribution in [3.8, 4) is 6.07 Å². The Hall–Kier alpha value is -3.14. The summed E-state index contributed by atoms with van der Waals surface area (Å²) in [6, 6.07) is 8.61. The van der Waals surface area contributed by atoms with Crippen LogP contribution in [-0.2, 0) is 0 Å². The molecule has 1 fully saturated rings. The van der Waals surface area contributed by atoms with Gasteiger partial charge in [-0.05, 0) is 37.6 Å². The Morgan fingerprint density at radius 2 is 2.19 bits per heavy atom. The highest BCUT2D eigenvalue weighted by molar-refractivity contribution is 5.87. The molecule has 0 aliphatic carbocycles. The van der Waals surface area contributed by atoms with Crippen molar-refractivity contribution in [2.75, 3.05) is 29.9 Å². The Balaban J connectivity index is 1.61. The van der Waals surface area contributed by atoms with Crippen LogP contribution in [0.1, 0.15) is 18.9 Å². The summed E-state index contributed by atoms with van der Waals surface area (Å²) in [6.45, 7) is 3.79. The Labute approximate surface area is 150 Å². The molecule has 7 heteroatoms. The maximum atomic E-state index is 14.0. The van der Waals surface area contributed by atoms with Crippen molar-refractivity contribution in [3.63, 3.8) is 0 Å². The molecule has 3 heterocycles. The number of aromatic amines is 1. The molecule has 0 saturated carbocycles. The summed E-state index contributed by atoms with van der Waals surface area (Å²) in [5.74, 6) is 0.430. The minimum Gasteiger partial charge on any atom is -0.367 e. The first kappa shape index (κ1) is 16.3. The summed E-state index contributed by atoms with van der Waals surface area (Å²) >= 11 is 0. The SMILES string of the molecule is CN(c1ccc(C#N)c(F)c1)C1(C)CCN(c2ncnc3[nH]ccc23)C1. The molecular weight excluding hydrogens is 331 g/mol. The van der Waals surface area contributed by atoms with E-state index in [1.165, 1.54) is 12.1 Å². The maximum absolute atomic E-state index is 14.0. The zero-order chi connectivity index (χ0) is 18.3. The van der Waals surface area contributed by atoms with Crippen LogP contribution >= 0.6 is 0 Å². The molecule has 1 aliphatic rings. The molecule has 1 aliphatic heterocycles. The van der Waals surface area contributed by atoms with Crippen LogP contribution in [0.3, 0.4) is 0 Å². The summed E-state index contributed by atoms with van der Waals surface area (Å²) in [7, 11) is 1.97. The van der Waals surface area contributed by atoms with Crippen molar-refractivity contribution >= 4 is 22.5 Å². The van der Waals surface area contributed by atoms with Gasteiger partial charge in [0.25, 0.3) is 0 Å². The second kappa shape index (κ2) is 5.99. The monoisotopic (exact) mass is 350 g/mol. The Morgan fingerprint density at radius 3 is 2.96 bits per heavy atom. The molecule has 1 N–H and O–H groups in total. The average molecular weight is 350 g/mol. The molecule has 2 aromatic heterocycles. The van der Waals surface area contributed by atoms with E-state index >= 15 is 0 Å². The smallest absolute Gasteiger partial charge is 0.143 e. The van der Waals surface area contributed by atoms with Gasteiger partial charge in [-0.3, -0.25) is 0 Å². The third-order valence-corrected chi connectivity index (χ3v) is 5.35. The van der Waals surface area contributed by atoms with Crippen LogP contribution in [0, 0.1) is 17.1 Å². The van der Waals surface area contributed by atoms with Crippen LogP contribution in [0.2, 0.25) is 0 Å². The first-order valence-corrected chi connectivity index (χ1v) is 8.48. The lowest BCUT2D eigenvalue weighted by Crippen LogP contribution is -2.46. The fourth-order valence-electron chi connectivity index (χ4n) is 3.63. The molecule has 1 atom stereocenters. The van der Waals surface area contributed by atoms with Crippen molar-refractivity contribution in [2.45, 2.75) is 18.9 Å². The third-order valence-electron chi connectivity index (χ3n) is 5.35. The predicted octanol–water partition coefficient (Wildman–Crippen LogP) is 3.07. The quantitative estimate of drug-likeness (QED) is 0.786. The van der Waals surface area contributed by atoms with Gasteiger partial charge in [-0.25, -0.2) is 14.4 Å². The number of halogens is 1. The van der Waals surface area contributed by atoms with Gasteiger partial charge in [-0.2, -0.15) is 5.26 Å². The average Bonchev–Trinajstić information content (AvgIpc) is 3.28. The van der Waals surface area contributed by atoms with Gasteiger partial charge >= 0.3 is 0 Å². The number of likely N-dealkylation sites (N-methyl/N-ethyl adjacent to an activating group) is 1. The number of nitrogens with one attached hydrogen (secondary N) is 1. The predicted molar refractivity (Wildman–Crippen MR) is 98.6 cm³/mol. The van der Waals surface area contributed by atoms with E-state index in [0.717, 1.165) is 42.0 Å². The fourth-order valence-corrected chi connectivity index (χ4v) is 3.63. The summed E-state index contributed by atoms with van der Waals surface area (Å²) in [4.78, 5) is 16.2. The maximum Gasteiger partial charge on any atom is 0.143 e. The molecule has 4 rings (SSSR count). The van der Waals surface area contributed by atoms with Crippen LogP contribution in [0.25, 0.3) is 11.0 Å². The standard InChI is InChI=1S/C19H19FN6/c1-19(25(2)14-4-3-13(10-21)16(20)9-14)6-8-26(11-19)18-15-5-7-22-17(15)23-12-24-18/h3-5,7,9,12H,6,8,11H2,1-2H3,(H,22,23,24). The lowest BCUT2D eigenvalue weighted by molar-refractivity contribution is 0.489. The topological polar surface area (TPSA) is 71.8 Å². The molecule has 26 heavy (non-hydrogen) atoms.